The molecule has 0 fully saturated rings. The number of hydrogen-bond donors (Lipinski definition) is 1. The third kappa shape index (κ3) is 3.46. The number of methoxy groups -OCH3 is 2. The fraction of sp³-hybridized carbons (Fsp3) is 0.316. The van der Waals surface area contributed by atoms with Gasteiger partial charge < -0.3 is 28.8 Å². The smallest absolute Gasteiger partial charge is 0.341 e. The van der Waals surface area contributed by atoms with E-state index in [1.54, 1.807) is 20.3 Å². The summed E-state index contributed by atoms with van der Waals surface area (Å²) in [5.74, 6) is 1.69. The molecule has 1 atom stereocenters. The van der Waals surface area contributed by atoms with Crippen molar-refractivity contribution >= 4 is 5.97 Å². The quantitative estimate of drug-likeness (QED) is 0.812. The van der Waals surface area contributed by atoms with Crippen molar-refractivity contribution in [1.29, 1.82) is 0 Å². The van der Waals surface area contributed by atoms with Gasteiger partial charge in [-0.2, -0.15) is 0 Å². The van der Waals surface area contributed by atoms with E-state index in [9.17, 15) is 4.79 Å². The van der Waals surface area contributed by atoms with Crippen LogP contribution in [0.25, 0.3) is 0 Å². The molecule has 0 spiro atoms. The van der Waals surface area contributed by atoms with Gasteiger partial charge in [0.05, 0.1) is 14.2 Å². The minimum Gasteiger partial charge on any atom is -0.493 e. The maximum atomic E-state index is 10.9. The summed E-state index contributed by atoms with van der Waals surface area (Å²) in [5.41, 5.74) is 1.75. The number of hydrogen-bond acceptors (Lipinski definition) is 6. The fourth-order valence-corrected chi connectivity index (χ4v) is 2.84. The predicted molar refractivity (Wildman–Crippen MR) is 92.8 cm³/mol. The molecule has 0 amide bonds. The summed E-state index contributed by atoms with van der Waals surface area (Å²) in [6, 6.07) is 9.13. The molecule has 0 aliphatic carbocycles. The number of rotatable bonds is 7. The van der Waals surface area contributed by atoms with Crippen molar-refractivity contribution in [1.82, 2.24) is 0 Å². The van der Waals surface area contributed by atoms with Crippen molar-refractivity contribution in [3.63, 3.8) is 0 Å². The van der Waals surface area contributed by atoms with Crippen LogP contribution in [0, 0.1) is 0 Å². The van der Waals surface area contributed by atoms with Gasteiger partial charge in [0.25, 0.3) is 0 Å². The first-order chi connectivity index (χ1) is 12.5. The molecule has 1 heterocycles. The van der Waals surface area contributed by atoms with E-state index in [1.807, 2.05) is 31.2 Å². The zero-order valence-corrected chi connectivity index (χ0v) is 14.8. The lowest BCUT2D eigenvalue weighted by atomic mass is 9.91. The molecule has 7 nitrogen and oxygen atoms in total. The van der Waals surface area contributed by atoms with Crippen molar-refractivity contribution < 1.29 is 33.6 Å². The summed E-state index contributed by atoms with van der Waals surface area (Å²) in [6.07, 6.45) is 0. The van der Waals surface area contributed by atoms with Crippen molar-refractivity contribution in [2.45, 2.75) is 12.8 Å². The molecule has 0 saturated heterocycles. The maximum Gasteiger partial charge on any atom is 0.341 e. The topological polar surface area (TPSA) is 83.5 Å². The Balaban J connectivity index is 2.00. The zero-order valence-electron chi connectivity index (χ0n) is 14.8. The summed E-state index contributed by atoms with van der Waals surface area (Å²) in [5, 5.41) is 8.93. The van der Waals surface area contributed by atoms with Gasteiger partial charge in [0.2, 0.25) is 6.79 Å². The molecule has 2 aromatic carbocycles. The SMILES string of the molecule is COc1ccc([C@H](C)c2cc3c(cc2OCC(=O)O)OCO3)cc1OC. The summed E-state index contributed by atoms with van der Waals surface area (Å²) >= 11 is 0. The Morgan fingerprint density at radius 3 is 2.42 bits per heavy atom. The molecule has 7 heteroatoms. The highest BCUT2D eigenvalue weighted by molar-refractivity contribution is 5.69. The molecule has 0 unspecified atom stereocenters. The van der Waals surface area contributed by atoms with E-state index in [1.165, 1.54) is 0 Å². The lowest BCUT2D eigenvalue weighted by molar-refractivity contribution is -0.139. The Morgan fingerprint density at radius 2 is 1.77 bits per heavy atom. The average Bonchev–Trinajstić information content (AvgIpc) is 3.11. The normalized spacial score (nSPS) is 13.2. The van der Waals surface area contributed by atoms with Crippen LogP contribution in [0.3, 0.4) is 0 Å². The average molecular weight is 360 g/mol. The van der Waals surface area contributed by atoms with Crippen LogP contribution in [0.15, 0.2) is 30.3 Å². The van der Waals surface area contributed by atoms with E-state index in [0.717, 1.165) is 11.1 Å². The van der Waals surface area contributed by atoms with Crippen molar-refractivity contribution in [2.24, 2.45) is 0 Å². The number of ether oxygens (including phenoxy) is 5. The number of aliphatic carboxylic acids is 1. The monoisotopic (exact) mass is 360 g/mol. The lowest BCUT2D eigenvalue weighted by Crippen LogP contribution is -2.11. The fourth-order valence-electron chi connectivity index (χ4n) is 2.84. The molecule has 1 aliphatic rings. The van der Waals surface area contributed by atoms with E-state index >= 15 is 0 Å². The molecular formula is C19H20O7. The molecule has 3 rings (SSSR count). The Kier molecular flexibility index (Phi) is 5.06. The van der Waals surface area contributed by atoms with Gasteiger partial charge in [0, 0.05) is 17.5 Å². The summed E-state index contributed by atoms with van der Waals surface area (Å²) in [4.78, 5) is 10.9. The minimum atomic E-state index is -1.05. The number of benzene rings is 2. The van der Waals surface area contributed by atoms with Crippen molar-refractivity contribution in [2.75, 3.05) is 27.6 Å². The summed E-state index contributed by atoms with van der Waals surface area (Å²) in [6.45, 7) is 1.68. The van der Waals surface area contributed by atoms with Crippen LogP contribution in [0.2, 0.25) is 0 Å². The lowest BCUT2D eigenvalue weighted by Gasteiger charge is -2.19. The Bertz CT molecular complexity index is 816. The molecule has 26 heavy (non-hydrogen) atoms. The Hall–Kier alpha value is -3.09. The third-order valence-corrected chi connectivity index (χ3v) is 4.23. The molecule has 138 valence electrons. The van der Waals surface area contributed by atoms with Crippen LogP contribution in [0.1, 0.15) is 24.0 Å². The minimum absolute atomic E-state index is 0.104. The van der Waals surface area contributed by atoms with Gasteiger partial charge in [-0.05, 0) is 23.8 Å². The molecule has 2 aromatic rings. The summed E-state index contributed by atoms with van der Waals surface area (Å²) in [7, 11) is 3.16. The van der Waals surface area contributed by atoms with Crippen molar-refractivity contribution in [3.8, 4) is 28.7 Å². The first-order valence-electron chi connectivity index (χ1n) is 8.03. The van der Waals surface area contributed by atoms with Crippen LogP contribution in [0.4, 0.5) is 0 Å². The Morgan fingerprint density at radius 1 is 1.08 bits per heavy atom. The molecule has 0 saturated carbocycles. The van der Waals surface area contributed by atoms with Crippen LogP contribution in [0.5, 0.6) is 28.7 Å². The van der Waals surface area contributed by atoms with Gasteiger partial charge >= 0.3 is 5.97 Å². The van der Waals surface area contributed by atoms with Crippen LogP contribution in [-0.4, -0.2) is 38.7 Å². The van der Waals surface area contributed by atoms with E-state index in [4.69, 9.17) is 28.8 Å². The van der Waals surface area contributed by atoms with Gasteiger partial charge in [0.1, 0.15) is 5.75 Å². The zero-order chi connectivity index (χ0) is 18.7. The molecule has 0 bridgehead atoms. The number of carboxylic acids is 1. The highest BCUT2D eigenvalue weighted by Crippen LogP contribution is 2.43. The van der Waals surface area contributed by atoms with Gasteiger partial charge in [-0.25, -0.2) is 4.79 Å². The second-order valence-corrected chi connectivity index (χ2v) is 5.76. The van der Waals surface area contributed by atoms with Crippen LogP contribution >= 0.6 is 0 Å². The first kappa shape index (κ1) is 17.7. The third-order valence-electron chi connectivity index (χ3n) is 4.23. The molecule has 1 aliphatic heterocycles. The highest BCUT2D eigenvalue weighted by atomic mass is 16.7. The number of carbonyl (C=O) groups is 1. The van der Waals surface area contributed by atoms with E-state index < -0.39 is 12.6 Å². The molecular weight excluding hydrogens is 340 g/mol. The first-order valence-corrected chi connectivity index (χ1v) is 8.03. The second kappa shape index (κ2) is 7.43. The standard InChI is InChI=1S/C19H20O7/c1-11(12-4-5-14(22-2)16(6-12)23-3)13-7-17-18(26-10-25-17)8-15(13)24-9-19(20)21/h4-8,11H,9-10H2,1-3H3,(H,20,21)/t11-/m0/s1. The molecule has 0 radical (unpaired) electrons. The maximum absolute atomic E-state index is 10.9. The van der Waals surface area contributed by atoms with Crippen molar-refractivity contribution in [3.05, 3.63) is 41.5 Å². The molecule has 0 aromatic heterocycles. The van der Waals surface area contributed by atoms with Gasteiger partial charge in [-0.1, -0.05) is 13.0 Å². The summed E-state index contributed by atoms with van der Waals surface area (Å²) < 4.78 is 26.9. The Labute approximate surface area is 151 Å². The van der Waals surface area contributed by atoms with Gasteiger partial charge in [0.15, 0.2) is 29.6 Å². The second-order valence-electron chi connectivity index (χ2n) is 5.76. The van der Waals surface area contributed by atoms with Crippen LogP contribution in [-0.2, 0) is 4.79 Å². The largest absolute Gasteiger partial charge is 0.493 e. The highest BCUT2D eigenvalue weighted by Gasteiger charge is 2.23. The van der Waals surface area contributed by atoms with E-state index in [0.29, 0.717) is 28.7 Å². The van der Waals surface area contributed by atoms with Crippen LogP contribution < -0.4 is 23.7 Å². The number of fused-ring (bicyclic) bond motifs is 1. The van der Waals surface area contributed by atoms with Gasteiger partial charge in [-0.15, -0.1) is 0 Å². The number of carboxylic acid groups (broad SMARTS) is 1. The van der Waals surface area contributed by atoms with E-state index in [-0.39, 0.29) is 12.7 Å². The van der Waals surface area contributed by atoms with Gasteiger partial charge in [-0.3, -0.25) is 0 Å². The van der Waals surface area contributed by atoms with E-state index in [2.05, 4.69) is 0 Å². The predicted octanol–water partition coefficient (Wildman–Crippen LogP) is 3.05. The molecule has 1 N–H and O–H groups in total.